The number of benzene rings is 2. The van der Waals surface area contributed by atoms with Gasteiger partial charge in [0.05, 0.1) is 23.3 Å². The number of likely N-dealkylation sites (tertiary alicyclic amines) is 1. The number of hydrogen-bond donors (Lipinski definition) is 1. The van der Waals surface area contributed by atoms with E-state index in [1.54, 1.807) is 24.3 Å². The Morgan fingerprint density at radius 3 is 2.50 bits per heavy atom. The highest BCUT2D eigenvalue weighted by Gasteiger charge is 2.38. The molecule has 2 heterocycles. The Labute approximate surface area is 180 Å². The average Bonchev–Trinajstić information content (AvgIpc) is 3.11. The van der Waals surface area contributed by atoms with Crippen LogP contribution in [0.3, 0.4) is 0 Å². The standard InChI is InChI=1S/C22H21F5N4O/c23-15-5-6-17(16(24)11-15)28-20(32)13-30-9-7-14(8-10-30)12-31-19-4-2-1-3-18(19)29-21(31)22(25,26)27/h1-6,11,14H,7-10,12-13H2,(H,28,32). The monoisotopic (exact) mass is 452 g/mol. The van der Waals surface area contributed by atoms with E-state index in [1.165, 1.54) is 4.57 Å². The summed E-state index contributed by atoms with van der Waals surface area (Å²) in [6.45, 7) is 1.26. The van der Waals surface area contributed by atoms with Crippen molar-refractivity contribution in [3.63, 3.8) is 0 Å². The van der Waals surface area contributed by atoms with Gasteiger partial charge in [-0.2, -0.15) is 13.2 Å². The third-order valence-electron chi connectivity index (χ3n) is 5.63. The highest BCUT2D eigenvalue weighted by molar-refractivity contribution is 5.92. The third-order valence-corrected chi connectivity index (χ3v) is 5.63. The van der Waals surface area contributed by atoms with E-state index >= 15 is 0 Å². The largest absolute Gasteiger partial charge is 0.449 e. The molecule has 1 N–H and O–H groups in total. The summed E-state index contributed by atoms with van der Waals surface area (Å²) in [7, 11) is 0. The number of imidazole rings is 1. The van der Waals surface area contributed by atoms with E-state index in [0.29, 0.717) is 43.0 Å². The number of halogens is 5. The fourth-order valence-electron chi connectivity index (χ4n) is 4.05. The lowest BCUT2D eigenvalue weighted by Crippen LogP contribution is -2.40. The maximum absolute atomic E-state index is 13.7. The lowest BCUT2D eigenvalue weighted by atomic mass is 9.96. The molecule has 5 nitrogen and oxygen atoms in total. The van der Waals surface area contributed by atoms with Gasteiger partial charge in [0.1, 0.15) is 11.6 Å². The van der Waals surface area contributed by atoms with Crippen molar-refractivity contribution >= 4 is 22.6 Å². The van der Waals surface area contributed by atoms with E-state index in [1.807, 2.05) is 4.90 Å². The number of nitrogens with zero attached hydrogens (tertiary/aromatic N) is 3. The molecular weight excluding hydrogens is 431 g/mol. The molecule has 0 atom stereocenters. The number of fused-ring (bicyclic) bond motifs is 1. The first-order chi connectivity index (χ1) is 15.2. The maximum atomic E-state index is 13.7. The van der Waals surface area contributed by atoms with Crippen LogP contribution in [0.2, 0.25) is 0 Å². The molecule has 1 saturated heterocycles. The van der Waals surface area contributed by atoms with Crippen LogP contribution < -0.4 is 5.32 Å². The second-order valence-electron chi connectivity index (χ2n) is 7.92. The molecule has 0 spiro atoms. The first kappa shape index (κ1) is 22.2. The van der Waals surface area contributed by atoms with Gasteiger partial charge in [-0.1, -0.05) is 12.1 Å². The Hall–Kier alpha value is -3.01. The Morgan fingerprint density at radius 2 is 1.81 bits per heavy atom. The summed E-state index contributed by atoms with van der Waals surface area (Å²) in [5, 5.41) is 2.42. The zero-order valence-corrected chi connectivity index (χ0v) is 17.0. The Balaban J connectivity index is 1.36. The number of alkyl halides is 3. The summed E-state index contributed by atoms with van der Waals surface area (Å²) in [5.41, 5.74) is 0.655. The maximum Gasteiger partial charge on any atom is 0.449 e. The van der Waals surface area contributed by atoms with E-state index in [-0.39, 0.29) is 24.7 Å². The number of piperidine rings is 1. The van der Waals surface area contributed by atoms with Crippen molar-refractivity contribution in [1.82, 2.24) is 14.5 Å². The van der Waals surface area contributed by atoms with Crippen molar-refractivity contribution in [3.05, 3.63) is 59.9 Å². The smallest absolute Gasteiger partial charge is 0.322 e. The van der Waals surface area contributed by atoms with Crippen LogP contribution in [-0.4, -0.2) is 40.0 Å². The molecule has 170 valence electrons. The van der Waals surface area contributed by atoms with Gasteiger partial charge in [-0.15, -0.1) is 0 Å². The van der Waals surface area contributed by atoms with E-state index in [9.17, 15) is 26.7 Å². The van der Waals surface area contributed by atoms with Gasteiger partial charge in [-0.05, 0) is 56.1 Å². The first-order valence-corrected chi connectivity index (χ1v) is 10.2. The number of rotatable bonds is 5. The lowest BCUT2D eigenvalue weighted by Gasteiger charge is -2.32. The normalized spacial score (nSPS) is 15.9. The number of amides is 1. The molecule has 0 radical (unpaired) electrons. The Bertz CT molecular complexity index is 1120. The number of nitrogens with one attached hydrogen (secondary N) is 1. The molecule has 1 aromatic heterocycles. The van der Waals surface area contributed by atoms with Gasteiger partial charge in [0, 0.05) is 12.6 Å². The lowest BCUT2D eigenvalue weighted by molar-refractivity contribution is -0.147. The molecule has 1 amide bonds. The van der Waals surface area contributed by atoms with Gasteiger partial charge in [-0.3, -0.25) is 9.69 Å². The van der Waals surface area contributed by atoms with Gasteiger partial charge < -0.3 is 9.88 Å². The SMILES string of the molecule is O=C(CN1CCC(Cn2c(C(F)(F)F)nc3ccccc32)CC1)Nc1ccc(F)cc1F. The van der Waals surface area contributed by atoms with Crippen LogP contribution in [0.15, 0.2) is 42.5 Å². The van der Waals surface area contributed by atoms with Crippen LogP contribution in [0.4, 0.5) is 27.6 Å². The molecule has 1 fully saturated rings. The van der Waals surface area contributed by atoms with Crippen molar-refractivity contribution in [2.45, 2.75) is 25.6 Å². The topological polar surface area (TPSA) is 50.2 Å². The highest BCUT2D eigenvalue weighted by Crippen LogP contribution is 2.33. The number of para-hydroxylation sites is 2. The minimum atomic E-state index is -4.55. The van der Waals surface area contributed by atoms with Crippen molar-refractivity contribution in [2.24, 2.45) is 5.92 Å². The minimum Gasteiger partial charge on any atom is -0.322 e. The highest BCUT2D eigenvalue weighted by atomic mass is 19.4. The number of hydrogen-bond acceptors (Lipinski definition) is 3. The number of aromatic nitrogens is 2. The number of carbonyl (C=O) groups excluding carboxylic acids is 1. The van der Waals surface area contributed by atoms with Crippen LogP contribution in [0.1, 0.15) is 18.7 Å². The predicted octanol–water partition coefficient (Wildman–Crippen LogP) is 4.68. The Kier molecular flexibility index (Phi) is 6.14. The van der Waals surface area contributed by atoms with Crippen LogP contribution in [0.5, 0.6) is 0 Å². The molecule has 3 aromatic rings. The van der Waals surface area contributed by atoms with Crippen molar-refractivity contribution in [3.8, 4) is 0 Å². The molecule has 2 aromatic carbocycles. The quantitative estimate of drug-likeness (QED) is 0.572. The first-order valence-electron chi connectivity index (χ1n) is 10.2. The van der Waals surface area contributed by atoms with E-state index in [2.05, 4.69) is 10.3 Å². The summed E-state index contributed by atoms with van der Waals surface area (Å²) in [5.74, 6) is -2.93. The van der Waals surface area contributed by atoms with Crippen LogP contribution in [0, 0.1) is 17.6 Å². The summed E-state index contributed by atoms with van der Waals surface area (Å²) >= 11 is 0. The molecule has 32 heavy (non-hydrogen) atoms. The fraction of sp³-hybridized carbons (Fsp3) is 0.364. The van der Waals surface area contributed by atoms with Crippen LogP contribution in [-0.2, 0) is 17.5 Å². The van der Waals surface area contributed by atoms with Crippen LogP contribution in [0.25, 0.3) is 11.0 Å². The van der Waals surface area contributed by atoms with Gasteiger partial charge in [0.15, 0.2) is 0 Å². The average molecular weight is 452 g/mol. The van der Waals surface area contributed by atoms with Gasteiger partial charge >= 0.3 is 6.18 Å². The van der Waals surface area contributed by atoms with Crippen LogP contribution >= 0.6 is 0 Å². The van der Waals surface area contributed by atoms with E-state index < -0.39 is 29.5 Å². The minimum absolute atomic E-state index is 0.00237. The number of carbonyl (C=O) groups is 1. The molecule has 4 rings (SSSR count). The predicted molar refractivity (Wildman–Crippen MR) is 109 cm³/mol. The van der Waals surface area contributed by atoms with E-state index in [4.69, 9.17) is 0 Å². The molecule has 10 heteroatoms. The Morgan fingerprint density at radius 1 is 1.09 bits per heavy atom. The van der Waals surface area contributed by atoms with Gasteiger partial charge in [-0.25, -0.2) is 13.8 Å². The molecule has 0 saturated carbocycles. The second-order valence-corrected chi connectivity index (χ2v) is 7.92. The van der Waals surface area contributed by atoms with Gasteiger partial charge in [0.25, 0.3) is 0 Å². The van der Waals surface area contributed by atoms with Crippen molar-refractivity contribution in [2.75, 3.05) is 25.0 Å². The van der Waals surface area contributed by atoms with Crippen molar-refractivity contribution < 1.29 is 26.7 Å². The van der Waals surface area contributed by atoms with Gasteiger partial charge in [0.2, 0.25) is 11.7 Å². The second kappa shape index (κ2) is 8.85. The third kappa shape index (κ3) is 4.90. The number of anilines is 1. The molecule has 1 aliphatic heterocycles. The molecule has 0 unspecified atom stereocenters. The molecule has 1 aliphatic rings. The molecule has 0 aliphatic carbocycles. The zero-order valence-electron chi connectivity index (χ0n) is 17.0. The molecule has 0 bridgehead atoms. The van der Waals surface area contributed by atoms with Crippen molar-refractivity contribution in [1.29, 1.82) is 0 Å². The van der Waals surface area contributed by atoms with E-state index in [0.717, 1.165) is 12.1 Å². The summed E-state index contributed by atoms with van der Waals surface area (Å²) in [6, 6.07) is 9.43. The fourth-order valence-corrected chi connectivity index (χ4v) is 4.05. The molecular formula is C22H21F5N4O. The summed E-state index contributed by atoms with van der Waals surface area (Å²) in [6.07, 6.45) is -3.32. The zero-order chi connectivity index (χ0) is 22.9. The summed E-state index contributed by atoms with van der Waals surface area (Å²) < 4.78 is 68.4. The summed E-state index contributed by atoms with van der Waals surface area (Å²) in [4.78, 5) is 17.8.